The van der Waals surface area contributed by atoms with Crippen molar-refractivity contribution in [3.63, 3.8) is 0 Å². The monoisotopic (exact) mass is 318 g/mol. The number of para-hydroxylation sites is 1. The second-order valence-corrected chi connectivity index (χ2v) is 6.71. The van der Waals surface area contributed by atoms with Gasteiger partial charge in [0.05, 0.1) is 14.2 Å². The molecule has 0 spiro atoms. The van der Waals surface area contributed by atoms with Crippen LogP contribution in [0.1, 0.15) is 43.7 Å². The molecule has 1 heterocycles. The Kier molecular flexibility index (Phi) is 5.79. The van der Waals surface area contributed by atoms with Gasteiger partial charge in [-0.15, -0.1) is 0 Å². The van der Waals surface area contributed by atoms with Crippen LogP contribution in [-0.2, 0) is 0 Å². The summed E-state index contributed by atoms with van der Waals surface area (Å²) in [4.78, 5) is 2.66. The van der Waals surface area contributed by atoms with Crippen molar-refractivity contribution in [3.05, 3.63) is 23.8 Å². The van der Waals surface area contributed by atoms with Gasteiger partial charge in [-0.3, -0.25) is 4.90 Å². The Hall–Kier alpha value is -1.26. The van der Waals surface area contributed by atoms with E-state index in [1.165, 1.54) is 37.7 Å². The number of rotatable bonds is 5. The van der Waals surface area contributed by atoms with E-state index in [9.17, 15) is 0 Å². The molecule has 3 rings (SSSR count). The van der Waals surface area contributed by atoms with E-state index in [4.69, 9.17) is 9.47 Å². The largest absolute Gasteiger partial charge is 0.493 e. The first-order valence-corrected chi connectivity index (χ1v) is 9.01. The first-order chi connectivity index (χ1) is 11.3. The van der Waals surface area contributed by atoms with Crippen molar-refractivity contribution in [2.75, 3.05) is 40.4 Å². The van der Waals surface area contributed by atoms with Gasteiger partial charge in [0, 0.05) is 37.8 Å². The maximum absolute atomic E-state index is 5.76. The Morgan fingerprint density at radius 1 is 1.04 bits per heavy atom. The van der Waals surface area contributed by atoms with E-state index in [0.29, 0.717) is 6.04 Å². The van der Waals surface area contributed by atoms with Crippen LogP contribution >= 0.6 is 0 Å². The molecule has 1 aromatic carbocycles. The molecule has 4 nitrogen and oxygen atoms in total. The lowest BCUT2D eigenvalue weighted by Crippen LogP contribution is -2.47. The van der Waals surface area contributed by atoms with Crippen LogP contribution in [0.5, 0.6) is 11.5 Å². The van der Waals surface area contributed by atoms with Gasteiger partial charge in [0.2, 0.25) is 0 Å². The third kappa shape index (κ3) is 3.64. The summed E-state index contributed by atoms with van der Waals surface area (Å²) < 4.78 is 11.3. The number of nitrogens with one attached hydrogen (secondary N) is 1. The number of hydrogen-bond acceptors (Lipinski definition) is 4. The van der Waals surface area contributed by atoms with Gasteiger partial charge in [-0.1, -0.05) is 31.4 Å². The van der Waals surface area contributed by atoms with E-state index in [1.54, 1.807) is 14.2 Å². The van der Waals surface area contributed by atoms with Crippen LogP contribution in [0.25, 0.3) is 0 Å². The number of benzene rings is 1. The lowest BCUT2D eigenvalue weighted by atomic mass is 9.79. The maximum atomic E-state index is 5.76. The molecule has 2 aliphatic rings. The Morgan fingerprint density at radius 2 is 1.78 bits per heavy atom. The van der Waals surface area contributed by atoms with Gasteiger partial charge >= 0.3 is 0 Å². The van der Waals surface area contributed by atoms with Crippen LogP contribution in [0.15, 0.2) is 18.2 Å². The Labute approximate surface area is 140 Å². The minimum atomic E-state index is 0.447. The number of hydrogen-bond donors (Lipinski definition) is 1. The molecule has 1 aliphatic heterocycles. The van der Waals surface area contributed by atoms with E-state index in [0.717, 1.165) is 43.6 Å². The average Bonchev–Trinajstić information content (AvgIpc) is 2.63. The highest BCUT2D eigenvalue weighted by atomic mass is 16.5. The van der Waals surface area contributed by atoms with Crippen LogP contribution in [0.2, 0.25) is 0 Å². The fourth-order valence-electron chi connectivity index (χ4n) is 4.30. The van der Waals surface area contributed by atoms with Gasteiger partial charge in [0.1, 0.15) is 0 Å². The van der Waals surface area contributed by atoms with E-state index in [1.807, 2.05) is 6.07 Å². The highest BCUT2D eigenvalue weighted by Crippen LogP contribution is 2.44. The molecule has 1 aromatic rings. The summed E-state index contributed by atoms with van der Waals surface area (Å²) in [5.41, 5.74) is 1.31. The molecule has 23 heavy (non-hydrogen) atoms. The summed E-state index contributed by atoms with van der Waals surface area (Å²) in [5, 5.41) is 3.48. The zero-order chi connectivity index (χ0) is 16.1. The molecule has 2 fully saturated rings. The second kappa shape index (κ2) is 8.02. The minimum Gasteiger partial charge on any atom is -0.493 e. The quantitative estimate of drug-likeness (QED) is 0.904. The average molecular weight is 318 g/mol. The number of ether oxygens (including phenoxy) is 2. The lowest BCUT2D eigenvalue weighted by molar-refractivity contribution is 0.101. The molecule has 1 N–H and O–H groups in total. The molecule has 1 atom stereocenters. The van der Waals surface area contributed by atoms with Crippen molar-refractivity contribution in [2.45, 2.75) is 38.1 Å². The number of methoxy groups -OCH3 is 2. The second-order valence-electron chi connectivity index (χ2n) is 6.71. The van der Waals surface area contributed by atoms with Gasteiger partial charge in [-0.2, -0.15) is 0 Å². The number of nitrogens with zero attached hydrogens (tertiary/aromatic N) is 1. The molecule has 4 heteroatoms. The maximum Gasteiger partial charge on any atom is 0.165 e. The summed E-state index contributed by atoms with van der Waals surface area (Å²) in [6.45, 7) is 4.38. The lowest BCUT2D eigenvalue weighted by Gasteiger charge is -2.41. The SMILES string of the molecule is COc1cccc([C@H](C2CCCCC2)N2CCNCC2)c1OC. The van der Waals surface area contributed by atoms with Crippen molar-refractivity contribution >= 4 is 0 Å². The van der Waals surface area contributed by atoms with Gasteiger partial charge in [0.25, 0.3) is 0 Å². The predicted octanol–water partition coefficient (Wildman–Crippen LogP) is 3.23. The van der Waals surface area contributed by atoms with E-state index < -0.39 is 0 Å². The molecule has 1 aliphatic carbocycles. The van der Waals surface area contributed by atoms with E-state index in [-0.39, 0.29) is 0 Å². The van der Waals surface area contributed by atoms with Crippen molar-refractivity contribution in [2.24, 2.45) is 5.92 Å². The van der Waals surface area contributed by atoms with Crippen LogP contribution in [0, 0.1) is 5.92 Å². The molecular formula is C19H30N2O2. The highest BCUT2D eigenvalue weighted by Gasteiger charge is 2.33. The molecule has 0 aromatic heterocycles. The van der Waals surface area contributed by atoms with E-state index in [2.05, 4.69) is 22.3 Å². The molecule has 1 saturated carbocycles. The van der Waals surface area contributed by atoms with Crippen molar-refractivity contribution < 1.29 is 9.47 Å². The summed E-state index contributed by atoms with van der Waals surface area (Å²) in [6, 6.07) is 6.79. The first-order valence-electron chi connectivity index (χ1n) is 9.01. The third-order valence-electron chi connectivity index (χ3n) is 5.39. The van der Waals surface area contributed by atoms with Crippen LogP contribution < -0.4 is 14.8 Å². The number of piperazine rings is 1. The fraction of sp³-hybridized carbons (Fsp3) is 0.684. The Bertz CT molecular complexity index is 476. The molecule has 0 bridgehead atoms. The van der Waals surface area contributed by atoms with Crippen LogP contribution in [0.3, 0.4) is 0 Å². The summed E-state index contributed by atoms with van der Waals surface area (Å²) in [7, 11) is 3.49. The highest BCUT2D eigenvalue weighted by molar-refractivity contribution is 5.48. The Balaban J connectivity index is 1.96. The van der Waals surface area contributed by atoms with Crippen molar-refractivity contribution in [1.29, 1.82) is 0 Å². The minimum absolute atomic E-state index is 0.447. The molecule has 1 saturated heterocycles. The summed E-state index contributed by atoms with van der Waals surface area (Å²) in [5.74, 6) is 2.49. The Morgan fingerprint density at radius 3 is 2.43 bits per heavy atom. The summed E-state index contributed by atoms with van der Waals surface area (Å²) in [6.07, 6.45) is 6.77. The molecular weight excluding hydrogens is 288 g/mol. The molecule has 0 unspecified atom stereocenters. The smallest absolute Gasteiger partial charge is 0.165 e. The van der Waals surface area contributed by atoms with E-state index >= 15 is 0 Å². The van der Waals surface area contributed by atoms with Crippen molar-refractivity contribution in [3.8, 4) is 11.5 Å². The van der Waals surface area contributed by atoms with Crippen LogP contribution in [0.4, 0.5) is 0 Å². The van der Waals surface area contributed by atoms with Gasteiger partial charge in [-0.25, -0.2) is 0 Å². The summed E-state index contributed by atoms with van der Waals surface area (Å²) >= 11 is 0. The van der Waals surface area contributed by atoms with Gasteiger partial charge in [-0.05, 0) is 24.8 Å². The normalized spacial score (nSPS) is 21.8. The van der Waals surface area contributed by atoms with Gasteiger partial charge < -0.3 is 14.8 Å². The van der Waals surface area contributed by atoms with Crippen molar-refractivity contribution in [1.82, 2.24) is 10.2 Å². The molecule has 128 valence electrons. The zero-order valence-electron chi connectivity index (χ0n) is 14.5. The third-order valence-corrected chi connectivity index (χ3v) is 5.39. The van der Waals surface area contributed by atoms with Gasteiger partial charge in [0.15, 0.2) is 11.5 Å². The zero-order valence-corrected chi connectivity index (χ0v) is 14.5. The predicted molar refractivity (Wildman–Crippen MR) is 93.3 cm³/mol. The molecule has 0 amide bonds. The standard InChI is InChI=1S/C19H30N2O2/c1-22-17-10-6-9-16(19(17)23-2)18(15-7-4-3-5-8-15)21-13-11-20-12-14-21/h6,9-10,15,18,20H,3-5,7-8,11-14H2,1-2H3/t18-/m0/s1. The fourth-order valence-corrected chi connectivity index (χ4v) is 4.30. The first kappa shape index (κ1) is 16.6. The molecule has 0 radical (unpaired) electrons. The topological polar surface area (TPSA) is 33.7 Å². The van der Waals surface area contributed by atoms with Crippen LogP contribution in [-0.4, -0.2) is 45.3 Å².